The Morgan fingerprint density at radius 2 is 1.89 bits per heavy atom. The Morgan fingerprint density at radius 3 is 2.61 bits per heavy atom. The van der Waals surface area contributed by atoms with Crippen molar-refractivity contribution in [2.45, 2.75) is 13.5 Å². The molecular weight excluding hydrogens is 516 g/mol. The van der Waals surface area contributed by atoms with Gasteiger partial charge >= 0.3 is 5.97 Å². The van der Waals surface area contributed by atoms with Crippen LogP contribution in [0.5, 0.6) is 11.6 Å². The number of nitrogens with zero attached hydrogens (tertiary/aromatic N) is 5. The molecule has 0 atom stereocenters. The largest absolute Gasteiger partial charge is 0.460 e. The zero-order valence-electron chi connectivity index (χ0n) is 19.8. The minimum atomic E-state index is -0.754. The topological polar surface area (TPSA) is 151 Å². The molecule has 0 saturated carbocycles. The zero-order chi connectivity index (χ0) is 26.5. The summed E-state index contributed by atoms with van der Waals surface area (Å²) < 4.78 is 21.8. The van der Waals surface area contributed by atoms with E-state index in [0.717, 1.165) is 5.56 Å². The number of hydrogen-bond donors (Lipinski definition) is 1. The van der Waals surface area contributed by atoms with Gasteiger partial charge in [0.15, 0.2) is 0 Å². The number of ether oxygens (including phenoxy) is 2. The van der Waals surface area contributed by atoms with E-state index in [4.69, 9.17) is 30.1 Å². The molecule has 0 aliphatic rings. The van der Waals surface area contributed by atoms with E-state index >= 15 is 0 Å². The fraction of sp³-hybridized carbons (Fsp3) is 0.120. The average Bonchev–Trinajstić information content (AvgIpc) is 3.61. The zero-order valence-corrected chi connectivity index (χ0v) is 20.6. The molecule has 0 amide bonds. The molecule has 38 heavy (non-hydrogen) atoms. The standard InChI is InChI=1S/C25H19ClN6O6/c1-2-35-24(34)21-29-22(38-31-21)19-13-27-25(32(23(19)33)14-15-3-5-16(26)6-4-15)28-17-7-9-18(10-8-17)37-20-11-12-36-30-20/h3-13H,2,14H2,1H3,(H,27,28). The first-order valence-corrected chi connectivity index (χ1v) is 11.7. The third-order valence-electron chi connectivity index (χ3n) is 5.15. The van der Waals surface area contributed by atoms with Gasteiger partial charge in [0.2, 0.25) is 5.62 Å². The first-order valence-electron chi connectivity index (χ1n) is 11.3. The molecule has 192 valence electrons. The van der Waals surface area contributed by atoms with Gasteiger partial charge in [-0.05, 0) is 59.2 Å². The Labute approximate surface area is 219 Å². The van der Waals surface area contributed by atoms with Crippen molar-refractivity contribution in [3.8, 4) is 23.1 Å². The van der Waals surface area contributed by atoms with E-state index in [1.54, 1.807) is 61.5 Å². The molecule has 0 aliphatic heterocycles. The van der Waals surface area contributed by atoms with Crippen molar-refractivity contribution >= 4 is 23.3 Å². The molecule has 2 aromatic carbocycles. The van der Waals surface area contributed by atoms with Gasteiger partial charge in [0, 0.05) is 17.3 Å². The number of carbonyl (C=O) groups excluding carboxylic acids is 1. The van der Waals surface area contributed by atoms with Crippen LogP contribution in [0.25, 0.3) is 11.5 Å². The molecule has 0 bridgehead atoms. The Hall–Kier alpha value is -4.97. The summed E-state index contributed by atoms with van der Waals surface area (Å²) in [4.78, 5) is 37.1. The van der Waals surface area contributed by atoms with Gasteiger partial charge in [0.25, 0.3) is 23.2 Å². The molecule has 3 aromatic heterocycles. The molecule has 0 unspecified atom stereocenters. The second-order valence-electron chi connectivity index (χ2n) is 7.73. The van der Waals surface area contributed by atoms with E-state index in [0.29, 0.717) is 22.3 Å². The van der Waals surface area contributed by atoms with Crippen LogP contribution in [0.2, 0.25) is 5.02 Å². The molecule has 0 radical (unpaired) electrons. The highest BCUT2D eigenvalue weighted by molar-refractivity contribution is 6.30. The van der Waals surface area contributed by atoms with Crippen LogP contribution in [0.3, 0.4) is 0 Å². The lowest BCUT2D eigenvalue weighted by Gasteiger charge is -2.09. The number of halogens is 1. The first kappa shape index (κ1) is 24.7. The Bertz CT molecular complexity index is 1670. The van der Waals surface area contributed by atoms with E-state index in [1.807, 2.05) is 0 Å². The van der Waals surface area contributed by atoms with Crippen molar-refractivity contribution in [3.63, 3.8) is 0 Å². The molecule has 0 fully saturated rings. The minimum Gasteiger partial charge on any atom is -0.460 e. The molecule has 13 heteroatoms. The normalized spacial score (nSPS) is 11.5. The van der Waals surface area contributed by atoms with Crippen molar-refractivity contribution < 1.29 is 23.3 Å². The number of nitrogens with one attached hydrogen (secondary N) is 1. The summed E-state index contributed by atoms with van der Waals surface area (Å²) in [6.45, 7) is 1.96. The van der Waals surface area contributed by atoms with Crippen LogP contribution in [-0.2, 0) is 11.3 Å². The molecule has 0 aliphatic carbocycles. The predicted octanol–water partition coefficient (Wildman–Crippen LogP) is 4.12. The molecule has 0 spiro atoms. The Morgan fingerprint density at radius 1 is 1.11 bits per heavy atom. The summed E-state index contributed by atoms with van der Waals surface area (Å²) in [6, 6.07) is 15.5. The van der Waals surface area contributed by atoms with Crippen LogP contribution < -0.4 is 15.9 Å². The van der Waals surface area contributed by atoms with Crippen LogP contribution in [0.15, 0.2) is 85.9 Å². The lowest BCUT2D eigenvalue weighted by Crippen LogP contribution is -2.36. The summed E-state index contributed by atoms with van der Waals surface area (Å²) in [5.74, 6) is -0.324. The third kappa shape index (κ3) is 5.55. The van der Waals surface area contributed by atoms with E-state index < -0.39 is 11.5 Å². The number of carbonyl (C=O) groups is 1. The van der Waals surface area contributed by atoms with Crippen molar-refractivity contribution in [2.75, 3.05) is 6.61 Å². The quantitative estimate of drug-likeness (QED) is 0.290. The summed E-state index contributed by atoms with van der Waals surface area (Å²) in [5, 5.41) is 7.89. The monoisotopic (exact) mass is 534 g/mol. The number of benzene rings is 2. The number of aromatic amines is 1. The fourth-order valence-corrected chi connectivity index (χ4v) is 3.51. The second kappa shape index (κ2) is 11.0. The van der Waals surface area contributed by atoms with Gasteiger partial charge in [0.1, 0.15) is 17.6 Å². The summed E-state index contributed by atoms with van der Waals surface area (Å²) in [5.41, 5.74) is 1.18. The lowest BCUT2D eigenvalue weighted by atomic mass is 10.2. The molecule has 0 saturated heterocycles. The third-order valence-corrected chi connectivity index (χ3v) is 5.41. The highest BCUT2D eigenvalue weighted by Crippen LogP contribution is 2.22. The molecule has 5 rings (SSSR count). The lowest BCUT2D eigenvalue weighted by molar-refractivity contribution is 0.0508. The van der Waals surface area contributed by atoms with Gasteiger partial charge in [-0.15, -0.1) is 0 Å². The number of hydrogen-bond acceptors (Lipinski definition) is 10. The van der Waals surface area contributed by atoms with Gasteiger partial charge in [-0.3, -0.25) is 9.36 Å². The first-order chi connectivity index (χ1) is 18.5. The van der Waals surface area contributed by atoms with Gasteiger partial charge in [0.05, 0.1) is 18.8 Å². The van der Waals surface area contributed by atoms with Gasteiger partial charge < -0.3 is 23.5 Å². The SMILES string of the molecule is CCOC(=O)c1noc(-c2c[nH]/c(=N\c3ccc(Oc4ccon4)cc3)n(Cc3ccc(Cl)cc3)c2=O)n1. The van der Waals surface area contributed by atoms with Crippen LogP contribution in [-0.4, -0.2) is 37.4 Å². The fourth-order valence-electron chi connectivity index (χ4n) is 3.38. The molecule has 5 aromatic rings. The Balaban J connectivity index is 1.53. The van der Waals surface area contributed by atoms with Crippen molar-refractivity contribution in [1.82, 2.24) is 24.8 Å². The molecule has 3 heterocycles. The molecule has 12 nitrogen and oxygen atoms in total. The van der Waals surface area contributed by atoms with Crippen LogP contribution in [0.1, 0.15) is 23.1 Å². The number of aromatic nitrogens is 5. The van der Waals surface area contributed by atoms with Crippen LogP contribution in [0, 0.1) is 0 Å². The minimum absolute atomic E-state index is 0.0531. The Kier molecular flexibility index (Phi) is 7.13. The summed E-state index contributed by atoms with van der Waals surface area (Å²) >= 11 is 6.02. The van der Waals surface area contributed by atoms with Crippen LogP contribution in [0.4, 0.5) is 5.69 Å². The van der Waals surface area contributed by atoms with E-state index in [1.165, 1.54) is 17.0 Å². The van der Waals surface area contributed by atoms with E-state index in [2.05, 4.69) is 25.3 Å². The molecule has 1 N–H and O–H groups in total. The molecular formula is C25H19ClN6O6. The van der Waals surface area contributed by atoms with Gasteiger partial charge in [-0.25, -0.2) is 9.79 Å². The maximum atomic E-state index is 13.6. The van der Waals surface area contributed by atoms with Crippen molar-refractivity contribution in [2.24, 2.45) is 4.99 Å². The van der Waals surface area contributed by atoms with Crippen molar-refractivity contribution in [1.29, 1.82) is 0 Å². The summed E-state index contributed by atoms with van der Waals surface area (Å²) in [6.07, 6.45) is 2.80. The smallest absolute Gasteiger partial charge is 0.379 e. The maximum Gasteiger partial charge on any atom is 0.379 e. The van der Waals surface area contributed by atoms with Crippen molar-refractivity contribution in [3.05, 3.63) is 99.4 Å². The predicted molar refractivity (Wildman–Crippen MR) is 133 cm³/mol. The average molecular weight is 535 g/mol. The summed E-state index contributed by atoms with van der Waals surface area (Å²) in [7, 11) is 0. The number of esters is 1. The maximum absolute atomic E-state index is 13.6. The highest BCUT2D eigenvalue weighted by atomic mass is 35.5. The van der Waals surface area contributed by atoms with Gasteiger partial charge in [-0.2, -0.15) is 4.98 Å². The van der Waals surface area contributed by atoms with E-state index in [9.17, 15) is 9.59 Å². The number of H-pyrrole nitrogens is 1. The number of rotatable bonds is 8. The van der Waals surface area contributed by atoms with Gasteiger partial charge in [-0.1, -0.05) is 23.7 Å². The highest BCUT2D eigenvalue weighted by Gasteiger charge is 2.20. The van der Waals surface area contributed by atoms with Crippen LogP contribution >= 0.6 is 11.6 Å². The van der Waals surface area contributed by atoms with E-state index in [-0.39, 0.29) is 36.0 Å². The second-order valence-corrected chi connectivity index (χ2v) is 8.17.